The predicted molar refractivity (Wildman–Crippen MR) is 81.6 cm³/mol. The van der Waals surface area contributed by atoms with E-state index in [9.17, 15) is 10.1 Å². The van der Waals surface area contributed by atoms with Crippen LogP contribution in [-0.2, 0) is 0 Å². The number of anilines is 1. The van der Waals surface area contributed by atoms with Crippen LogP contribution in [0.1, 0.15) is 6.92 Å². The topological polar surface area (TPSA) is 77.3 Å². The monoisotopic (exact) mass is 327 g/mol. The van der Waals surface area contributed by atoms with E-state index < -0.39 is 4.92 Å². The van der Waals surface area contributed by atoms with Gasteiger partial charge >= 0.3 is 0 Å². The molecule has 0 atom stereocenters. The Balaban J connectivity index is 2.32. The Morgan fingerprint density at radius 2 is 2.14 bits per heavy atom. The van der Waals surface area contributed by atoms with Crippen molar-refractivity contribution in [2.45, 2.75) is 6.92 Å². The average Bonchev–Trinajstić information content (AvgIpc) is 2.42. The lowest BCUT2D eigenvalue weighted by molar-refractivity contribution is -0.384. The van der Waals surface area contributed by atoms with Gasteiger partial charge in [0.25, 0.3) is 5.69 Å². The van der Waals surface area contributed by atoms with E-state index in [1.165, 1.54) is 30.5 Å². The number of ether oxygens (including phenoxy) is 1. The minimum Gasteiger partial charge on any atom is -0.437 e. The summed E-state index contributed by atoms with van der Waals surface area (Å²) in [6, 6.07) is 5.86. The molecule has 0 aliphatic carbocycles. The molecule has 0 radical (unpaired) electrons. The molecule has 0 aliphatic rings. The highest BCUT2D eigenvalue weighted by Crippen LogP contribution is 2.33. The van der Waals surface area contributed by atoms with E-state index in [1.54, 1.807) is 0 Å². The van der Waals surface area contributed by atoms with Crippen molar-refractivity contribution in [1.82, 2.24) is 4.98 Å². The van der Waals surface area contributed by atoms with Gasteiger partial charge < -0.3 is 10.1 Å². The number of aromatic nitrogens is 1. The molecule has 1 N–H and O–H groups in total. The molecule has 0 saturated heterocycles. The fraction of sp³-hybridized carbons (Fsp3) is 0.154. The average molecular weight is 328 g/mol. The Labute approximate surface area is 130 Å². The first kappa shape index (κ1) is 15.3. The van der Waals surface area contributed by atoms with Crippen LogP contribution in [0.15, 0.2) is 30.5 Å². The number of halogens is 2. The van der Waals surface area contributed by atoms with E-state index in [2.05, 4.69) is 10.3 Å². The van der Waals surface area contributed by atoms with E-state index in [4.69, 9.17) is 27.9 Å². The van der Waals surface area contributed by atoms with E-state index in [1.807, 2.05) is 6.92 Å². The summed E-state index contributed by atoms with van der Waals surface area (Å²) in [7, 11) is 0. The van der Waals surface area contributed by atoms with E-state index in [0.717, 1.165) is 0 Å². The molecule has 0 saturated carbocycles. The van der Waals surface area contributed by atoms with Gasteiger partial charge in [0.2, 0.25) is 5.88 Å². The minimum atomic E-state index is -0.463. The molecule has 2 aromatic rings. The number of nitro groups is 1. The highest BCUT2D eigenvalue weighted by molar-refractivity contribution is 6.35. The molecule has 1 heterocycles. The van der Waals surface area contributed by atoms with E-state index in [-0.39, 0.29) is 16.6 Å². The lowest BCUT2D eigenvalue weighted by atomic mass is 10.2. The van der Waals surface area contributed by atoms with Crippen molar-refractivity contribution in [1.29, 1.82) is 0 Å². The maximum Gasteiger partial charge on any atom is 0.292 e. The maximum absolute atomic E-state index is 10.9. The van der Waals surface area contributed by atoms with Crippen molar-refractivity contribution in [3.63, 3.8) is 0 Å². The number of nitrogens with one attached hydrogen (secondary N) is 1. The molecule has 0 amide bonds. The molecule has 0 aliphatic heterocycles. The fourth-order valence-corrected chi connectivity index (χ4v) is 2.08. The van der Waals surface area contributed by atoms with Gasteiger partial charge in [0.15, 0.2) is 0 Å². The van der Waals surface area contributed by atoms with Gasteiger partial charge in [-0.25, -0.2) is 4.98 Å². The molecule has 8 heteroatoms. The van der Waals surface area contributed by atoms with Crippen LogP contribution in [0.25, 0.3) is 0 Å². The van der Waals surface area contributed by atoms with Crippen LogP contribution in [-0.4, -0.2) is 16.5 Å². The quantitative estimate of drug-likeness (QED) is 0.645. The molecule has 21 heavy (non-hydrogen) atoms. The Morgan fingerprint density at radius 3 is 2.76 bits per heavy atom. The van der Waals surface area contributed by atoms with Crippen molar-refractivity contribution in [3.8, 4) is 11.6 Å². The SMILES string of the molecule is CCNc1cc(Oc2ncc(Cl)cc2Cl)ccc1[N+](=O)[O-]. The van der Waals surface area contributed by atoms with Crippen LogP contribution in [0.4, 0.5) is 11.4 Å². The third-order valence-corrected chi connectivity index (χ3v) is 3.00. The molecule has 0 bridgehead atoms. The molecule has 1 aromatic heterocycles. The first-order valence-electron chi connectivity index (χ1n) is 6.02. The second-order valence-electron chi connectivity index (χ2n) is 4.01. The maximum atomic E-state index is 10.9. The predicted octanol–water partition coefficient (Wildman–Crippen LogP) is 4.52. The van der Waals surface area contributed by atoms with Gasteiger partial charge in [-0.2, -0.15) is 0 Å². The molecule has 0 unspecified atom stereocenters. The number of benzene rings is 1. The van der Waals surface area contributed by atoms with Crippen LogP contribution in [0.3, 0.4) is 0 Å². The second-order valence-corrected chi connectivity index (χ2v) is 4.85. The van der Waals surface area contributed by atoms with Gasteiger partial charge in [-0.15, -0.1) is 0 Å². The number of nitrogens with zero attached hydrogens (tertiary/aromatic N) is 2. The van der Waals surface area contributed by atoms with Crippen molar-refractivity contribution in [2.75, 3.05) is 11.9 Å². The zero-order valence-electron chi connectivity index (χ0n) is 11.0. The lowest BCUT2D eigenvalue weighted by Crippen LogP contribution is -2.01. The largest absolute Gasteiger partial charge is 0.437 e. The van der Waals surface area contributed by atoms with Crippen molar-refractivity contribution in [2.24, 2.45) is 0 Å². The van der Waals surface area contributed by atoms with Crippen molar-refractivity contribution >= 4 is 34.6 Å². The number of hydrogen-bond acceptors (Lipinski definition) is 5. The number of pyridine rings is 1. The number of nitro benzene ring substituents is 1. The number of hydrogen-bond donors (Lipinski definition) is 1. The van der Waals surface area contributed by atoms with Gasteiger partial charge in [0, 0.05) is 24.9 Å². The first-order valence-corrected chi connectivity index (χ1v) is 6.78. The molecule has 6 nitrogen and oxygen atoms in total. The van der Waals surface area contributed by atoms with Crippen molar-refractivity contribution < 1.29 is 9.66 Å². The third kappa shape index (κ3) is 3.74. The van der Waals surface area contributed by atoms with Gasteiger partial charge in [0.1, 0.15) is 16.5 Å². The Bertz CT molecular complexity index is 680. The highest BCUT2D eigenvalue weighted by Gasteiger charge is 2.15. The molecular formula is C13H11Cl2N3O3. The Hall–Kier alpha value is -2.05. The summed E-state index contributed by atoms with van der Waals surface area (Å²) in [5, 5.41) is 14.5. The van der Waals surface area contributed by atoms with Crippen LogP contribution < -0.4 is 10.1 Å². The molecule has 2 rings (SSSR count). The van der Waals surface area contributed by atoms with Gasteiger partial charge in [-0.3, -0.25) is 10.1 Å². The van der Waals surface area contributed by atoms with Crippen LogP contribution in [0, 0.1) is 10.1 Å². The molecular weight excluding hydrogens is 317 g/mol. The summed E-state index contributed by atoms with van der Waals surface area (Å²) >= 11 is 11.7. The molecule has 0 spiro atoms. The normalized spacial score (nSPS) is 10.2. The summed E-state index contributed by atoms with van der Waals surface area (Å²) in [6.45, 7) is 2.39. The third-order valence-electron chi connectivity index (χ3n) is 2.52. The Kier molecular flexibility index (Phi) is 4.82. The Morgan fingerprint density at radius 1 is 1.38 bits per heavy atom. The summed E-state index contributed by atoms with van der Waals surface area (Å²) in [4.78, 5) is 14.4. The van der Waals surface area contributed by atoms with Gasteiger partial charge in [-0.05, 0) is 19.1 Å². The summed E-state index contributed by atoms with van der Waals surface area (Å²) in [5.74, 6) is 0.561. The minimum absolute atomic E-state index is 0.0284. The van der Waals surface area contributed by atoms with Crippen LogP contribution >= 0.6 is 23.2 Å². The molecule has 110 valence electrons. The van der Waals surface area contributed by atoms with E-state index >= 15 is 0 Å². The fourth-order valence-electron chi connectivity index (χ4n) is 1.66. The summed E-state index contributed by atoms with van der Waals surface area (Å²) < 4.78 is 5.52. The zero-order chi connectivity index (χ0) is 15.4. The highest BCUT2D eigenvalue weighted by atomic mass is 35.5. The zero-order valence-corrected chi connectivity index (χ0v) is 12.5. The first-order chi connectivity index (χ1) is 10.0. The second kappa shape index (κ2) is 6.60. The standard InChI is InChI=1S/C13H11Cl2N3O3/c1-2-16-11-6-9(3-4-12(11)18(19)20)21-13-10(15)5-8(14)7-17-13/h3-7,16H,2H2,1H3. The summed E-state index contributed by atoms with van der Waals surface area (Å²) in [6.07, 6.45) is 1.40. The summed E-state index contributed by atoms with van der Waals surface area (Å²) in [5.41, 5.74) is 0.337. The van der Waals surface area contributed by atoms with Gasteiger partial charge in [-0.1, -0.05) is 23.2 Å². The lowest BCUT2D eigenvalue weighted by Gasteiger charge is -2.09. The smallest absolute Gasteiger partial charge is 0.292 e. The van der Waals surface area contributed by atoms with Crippen LogP contribution in [0.5, 0.6) is 11.6 Å². The molecule has 1 aromatic carbocycles. The van der Waals surface area contributed by atoms with Gasteiger partial charge in [0.05, 0.1) is 9.95 Å². The van der Waals surface area contributed by atoms with Crippen LogP contribution in [0.2, 0.25) is 10.0 Å². The molecule has 0 fully saturated rings. The number of rotatable bonds is 5. The van der Waals surface area contributed by atoms with Crippen molar-refractivity contribution in [3.05, 3.63) is 50.6 Å². The van der Waals surface area contributed by atoms with E-state index in [0.29, 0.717) is 23.0 Å².